The standard InChI is InChI=1S/C20H26O2/c1-20(2,14-8-11-16-9-6-5-7-10-16)18-15-17(21-3)12-13-19(18)22-4/h5-7,9-10,12-13,15H,8,11,14H2,1-4H3. The molecule has 0 saturated carbocycles. The highest BCUT2D eigenvalue weighted by atomic mass is 16.5. The molecule has 0 spiro atoms. The highest BCUT2D eigenvalue weighted by Crippen LogP contribution is 2.37. The van der Waals surface area contributed by atoms with Crippen LogP contribution in [0, 0.1) is 0 Å². The first-order chi connectivity index (χ1) is 10.6. The van der Waals surface area contributed by atoms with Gasteiger partial charge in [-0.05, 0) is 48.4 Å². The third-order valence-corrected chi connectivity index (χ3v) is 4.25. The molecule has 0 bridgehead atoms. The van der Waals surface area contributed by atoms with Crippen molar-refractivity contribution in [3.05, 3.63) is 59.7 Å². The maximum absolute atomic E-state index is 5.54. The quantitative estimate of drug-likeness (QED) is 0.716. The van der Waals surface area contributed by atoms with Gasteiger partial charge in [-0.15, -0.1) is 0 Å². The highest BCUT2D eigenvalue weighted by Gasteiger charge is 2.24. The summed E-state index contributed by atoms with van der Waals surface area (Å²) < 4.78 is 10.9. The van der Waals surface area contributed by atoms with E-state index in [1.807, 2.05) is 12.1 Å². The third-order valence-electron chi connectivity index (χ3n) is 4.25. The van der Waals surface area contributed by atoms with Crippen LogP contribution < -0.4 is 9.47 Å². The minimum absolute atomic E-state index is 0.0503. The van der Waals surface area contributed by atoms with Crippen LogP contribution in [-0.4, -0.2) is 14.2 Å². The number of hydrogen-bond acceptors (Lipinski definition) is 2. The number of methoxy groups -OCH3 is 2. The molecule has 0 fully saturated rings. The van der Waals surface area contributed by atoms with Gasteiger partial charge in [-0.25, -0.2) is 0 Å². The molecule has 2 heteroatoms. The first kappa shape index (κ1) is 16.4. The van der Waals surface area contributed by atoms with Gasteiger partial charge < -0.3 is 9.47 Å². The Morgan fingerprint density at radius 3 is 2.27 bits per heavy atom. The first-order valence-electron chi connectivity index (χ1n) is 7.83. The Bertz CT molecular complexity index is 588. The average Bonchev–Trinajstić information content (AvgIpc) is 2.55. The van der Waals surface area contributed by atoms with E-state index in [0.717, 1.165) is 30.8 Å². The fourth-order valence-corrected chi connectivity index (χ4v) is 2.86. The number of rotatable bonds is 7. The van der Waals surface area contributed by atoms with Crippen molar-refractivity contribution in [3.63, 3.8) is 0 Å². The van der Waals surface area contributed by atoms with Crippen LogP contribution in [0.4, 0.5) is 0 Å². The van der Waals surface area contributed by atoms with Gasteiger partial charge in [0.2, 0.25) is 0 Å². The summed E-state index contributed by atoms with van der Waals surface area (Å²) in [5.74, 6) is 1.82. The van der Waals surface area contributed by atoms with Gasteiger partial charge in [-0.1, -0.05) is 44.2 Å². The molecule has 0 unspecified atom stereocenters. The Morgan fingerprint density at radius 1 is 0.909 bits per heavy atom. The smallest absolute Gasteiger partial charge is 0.122 e. The summed E-state index contributed by atoms with van der Waals surface area (Å²) >= 11 is 0. The SMILES string of the molecule is COc1ccc(OC)c(C(C)(C)CCCc2ccccc2)c1. The van der Waals surface area contributed by atoms with Gasteiger partial charge in [0.1, 0.15) is 11.5 Å². The van der Waals surface area contributed by atoms with Gasteiger partial charge in [-0.3, -0.25) is 0 Å². The van der Waals surface area contributed by atoms with Crippen molar-refractivity contribution in [2.45, 2.75) is 38.5 Å². The zero-order valence-corrected chi connectivity index (χ0v) is 14.1. The minimum atomic E-state index is 0.0503. The van der Waals surface area contributed by atoms with E-state index in [2.05, 4.69) is 50.2 Å². The molecule has 0 aliphatic rings. The third kappa shape index (κ3) is 4.03. The van der Waals surface area contributed by atoms with Crippen LogP contribution >= 0.6 is 0 Å². The lowest BCUT2D eigenvalue weighted by atomic mass is 9.79. The Labute approximate surface area is 134 Å². The number of aryl methyl sites for hydroxylation is 1. The number of ether oxygens (including phenoxy) is 2. The van der Waals surface area contributed by atoms with E-state index < -0.39 is 0 Å². The number of hydrogen-bond donors (Lipinski definition) is 0. The molecule has 0 saturated heterocycles. The Balaban J connectivity index is 2.09. The monoisotopic (exact) mass is 298 g/mol. The first-order valence-corrected chi connectivity index (χ1v) is 7.83. The van der Waals surface area contributed by atoms with E-state index in [0.29, 0.717) is 0 Å². The second kappa shape index (κ2) is 7.35. The van der Waals surface area contributed by atoms with Crippen LogP contribution in [0.3, 0.4) is 0 Å². The second-order valence-electron chi connectivity index (χ2n) is 6.29. The number of benzene rings is 2. The largest absolute Gasteiger partial charge is 0.497 e. The maximum Gasteiger partial charge on any atom is 0.122 e. The van der Waals surface area contributed by atoms with E-state index >= 15 is 0 Å². The summed E-state index contributed by atoms with van der Waals surface area (Å²) in [7, 11) is 3.43. The van der Waals surface area contributed by atoms with E-state index in [1.165, 1.54) is 11.1 Å². The molecule has 2 rings (SSSR count). The predicted molar refractivity (Wildman–Crippen MR) is 92.0 cm³/mol. The van der Waals surface area contributed by atoms with Crippen molar-refractivity contribution < 1.29 is 9.47 Å². The van der Waals surface area contributed by atoms with Crippen LogP contribution in [0.15, 0.2) is 48.5 Å². The summed E-state index contributed by atoms with van der Waals surface area (Å²) in [6, 6.07) is 16.7. The lowest BCUT2D eigenvalue weighted by molar-refractivity contribution is 0.374. The van der Waals surface area contributed by atoms with Crippen molar-refractivity contribution in [1.29, 1.82) is 0 Å². The van der Waals surface area contributed by atoms with Gasteiger partial charge in [0, 0.05) is 5.56 Å². The molecular weight excluding hydrogens is 272 g/mol. The molecule has 0 radical (unpaired) electrons. The topological polar surface area (TPSA) is 18.5 Å². The average molecular weight is 298 g/mol. The fourth-order valence-electron chi connectivity index (χ4n) is 2.86. The van der Waals surface area contributed by atoms with Gasteiger partial charge >= 0.3 is 0 Å². The molecule has 118 valence electrons. The zero-order chi connectivity index (χ0) is 16.0. The molecule has 0 amide bonds. The van der Waals surface area contributed by atoms with Crippen molar-refractivity contribution in [3.8, 4) is 11.5 Å². The Kier molecular flexibility index (Phi) is 5.48. The lowest BCUT2D eigenvalue weighted by Gasteiger charge is -2.27. The summed E-state index contributed by atoms with van der Waals surface area (Å²) in [6.45, 7) is 4.55. The van der Waals surface area contributed by atoms with Crippen molar-refractivity contribution in [1.82, 2.24) is 0 Å². The second-order valence-corrected chi connectivity index (χ2v) is 6.29. The summed E-state index contributed by atoms with van der Waals surface area (Å²) in [4.78, 5) is 0. The molecule has 2 nitrogen and oxygen atoms in total. The van der Waals surface area contributed by atoms with Gasteiger partial charge in [0.25, 0.3) is 0 Å². The van der Waals surface area contributed by atoms with Crippen LogP contribution in [0.25, 0.3) is 0 Å². The molecule has 2 aromatic rings. The van der Waals surface area contributed by atoms with E-state index in [-0.39, 0.29) is 5.41 Å². The normalized spacial score (nSPS) is 11.3. The molecule has 0 atom stereocenters. The van der Waals surface area contributed by atoms with E-state index in [4.69, 9.17) is 9.47 Å². The van der Waals surface area contributed by atoms with Crippen LogP contribution in [0.5, 0.6) is 11.5 Å². The zero-order valence-electron chi connectivity index (χ0n) is 14.1. The minimum Gasteiger partial charge on any atom is -0.497 e. The molecule has 22 heavy (non-hydrogen) atoms. The maximum atomic E-state index is 5.54. The molecule has 0 heterocycles. The van der Waals surface area contributed by atoms with E-state index in [1.54, 1.807) is 14.2 Å². The molecule has 2 aromatic carbocycles. The molecule has 0 aliphatic carbocycles. The Hall–Kier alpha value is -1.96. The molecule has 0 aliphatic heterocycles. The highest BCUT2D eigenvalue weighted by molar-refractivity contribution is 5.44. The fraction of sp³-hybridized carbons (Fsp3) is 0.400. The van der Waals surface area contributed by atoms with Gasteiger partial charge in [0.15, 0.2) is 0 Å². The Morgan fingerprint density at radius 2 is 1.64 bits per heavy atom. The van der Waals surface area contributed by atoms with Gasteiger partial charge in [-0.2, -0.15) is 0 Å². The predicted octanol–water partition coefficient (Wildman–Crippen LogP) is 5.00. The molecule has 0 N–H and O–H groups in total. The van der Waals surface area contributed by atoms with Gasteiger partial charge in [0.05, 0.1) is 14.2 Å². The van der Waals surface area contributed by atoms with Crippen molar-refractivity contribution in [2.75, 3.05) is 14.2 Å². The van der Waals surface area contributed by atoms with Crippen molar-refractivity contribution >= 4 is 0 Å². The van der Waals surface area contributed by atoms with E-state index in [9.17, 15) is 0 Å². The lowest BCUT2D eigenvalue weighted by Crippen LogP contribution is -2.18. The molecule has 0 aromatic heterocycles. The summed E-state index contributed by atoms with van der Waals surface area (Å²) in [6.07, 6.45) is 3.36. The molecular formula is C20H26O2. The summed E-state index contributed by atoms with van der Waals surface area (Å²) in [5, 5.41) is 0. The summed E-state index contributed by atoms with van der Waals surface area (Å²) in [5.41, 5.74) is 2.66. The van der Waals surface area contributed by atoms with Crippen LogP contribution in [-0.2, 0) is 11.8 Å². The van der Waals surface area contributed by atoms with Crippen LogP contribution in [0.1, 0.15) is 37.8 Å². The van der Waals surface area contributed by atoms with Crippen LogP contribution in [0.2, 0.25) is 0 Å². The van der Waals surface area contributed by atoms with Crippen molar-refractivity contribution in [2.24, 2.45) is 0 Å².